The van der Waals surface area contributed by atoms with E-state index in [1.54, 1.807) is 17.4 Å². The molecule has 3 nitrogen and oxygen atoms in total. The summed E-state index contributed by atoms with van der Waals surface area (Å²) < 4.78 is 1.18. The molecule has 4 aromatic carbocycles. The van der Waals surface area contributed by atoms with Gasteiger partial charge in [-0.1, -0.05) is 54.3 Å². The Balaban J connectivity index is 1.44. The number of aromatic hydroxyl groups is 2. The zero-order valence-electron chi connectivity index (χ0n) is 16.7. The monoisotopic (exact) mass is 421 g/mol. The molecule has 0 fully saturated rings. The van der Waals surface area contributed by atoms with Gasteiger partial charge in [0.1, 0.15) is 11.5 Å². The van der Waals surface area contributed by atoms with Crippen molar-refractivity contribution in [2.24, 2.45) is 0 Å². The fourth-order valence-electron chi connectivity index (χ4n) is 3.72. The van der Waals surface area contributed by atoms with Crippen molar-refractivity contribution in [3.05, 3.63) is 101 Å². The van der Waals surface area contributed by atoms with Gasteiger partial charge < -0.3 is 10.2 Å². The third-order valence-corrected chi connectivity index (χ3v) is 6.15. The average Bonchev–Trinajstić information content (AvgIpc) is 3.26. The van der Waals surface area contributed by atoms with Crippen LogP contribution in [0.15, 0.2) is 78.3 Å². The standard InChI is InChI=1S/C27H19NO2S/c29-25-16-21-11-9-19(7-4-8-20-10-12-26-24(15-20)28-17-31-26)13-22(21)27(30)23(25)14-18-5-2-1-3-6-18/h1-3,5-6,9-13,15-17,29-30H,8,14H2. The molecular weight excluding hydrogens is 402 g/mol. The second-order valence-corrected chi connectivity index (χ2v) is 8.34. The topological polar surface area (TPSA) is 53.4 Å². The highest BCUT2D eigenvalue weighted by atomic mass is 32.1. The first-order valence-electron chi connectivity index (χ1n) is 10.00. The van der Waals surface area contributed by atoms with Crippen LogP contribution in [0.25, 0.3) is 21.0 Å². The molecule has 0 bridgehead atoms. The van der Waals surface area contributed by atoms with Crippen LogP contribution in [-0.4, -0.2) is 15.2 Å². The minimum Gasteiger partial charge on any atom is -0.507 e. The molecule has 0 aliphatic heterocycles. The summed E-state index contributed by atoms with van der Waals surface area (Å²) in [4.78, 5) is 4.36. The van der Waals surface area contributed by atoms with Gasteiger partial charge in [0.2, 0.25) is 0 Å². The normalized spacial score (nSPS) is 10.8. The lowest BCUT2D eigenvalue weighted by Crippen LogP contribution is -1.91. The van der Waals surface area contributed by atoms with E-state index in [9.17, 15) is 10.2 Å². The minimum atomic E-state index is 0.102. The molecule has 1 aromatic heterocycles. The summed E-state index contributed by atoms with van der Waals surface area (Å²) in [7, 11) is 0. The Labute approximate surface area is 184 Å². The Hall–Kier alpha value is -3.81. The maximum absolute atomic E-state index is 10.9. The molecule has 0 aliphatic rings. The van der Waals surface area contributed by atoms with Gasteiger partial charge in [-0.2, -0.15) is 0 Å². The third kappa shape index (κ3) is 3.96. The van der Waals surface area contributed by atoms with Gasteiger partial charge in [0, 0.05) is 29.4 Å². The molecule has 0 saturated heterocycles. The van der Waals surface area contributed by atoms with Gasteiger partial charge in [-0.05, 0) is 46.8 Å². The molecule has 5 rings (SSSR count). The fourth-order valence-corrected chi connectivity index (χ4v) is 4.38. The number of fused-ring (bicyclic) bond motifs is 2. The van der Waals surface area contributed by atoms with Gasteiger partial charge in [-0.25, -0.2) is 4.98 Å². The molecule has 0 amide bonds. The number of thiazole rings is 1. The van der Waals surface area contributed by atoms with Crippen molar-refractivity contribution in [2.45, 2.75) is 12.8 Å². The van der Waals surface area contributed by atoms with E-state index in [1.807, 2.05) is 54.0 Å². The molecule has 5 aromatic rings. The zero-order valence-corrected chi connectivity index (χ0v) is 17.5. The summed E-state index contributed by atoms with van der Waals surface area (Å²) in [6.45, 7) is 0. The van der Waals surface area contributed by atoms with E-state index in [4.69, 9.17) is 0 Å². The number of nitrogens with zero attached hydrogens (tertiary/aromatic N) is 1. The second kappa shape index (κ2) is 8.14. The van der Waals surface area contributed by atoms with Crippen molar-refractivity contribution in [1.29, 1.82) is 0 Å². The third-order valence-electron chi connectivity index (χ3n) is 5.34. The predicted octanol–water partition coefficient (Wildman–Crippen LogP) is 6.05. The highest BCUT2D eigenvalue weighted by Gasteiger charge is 2.13. The van der Waals surface area contributed by atoms with Crippen LogP contribution in [0.5, 0.6) is 11.5 Å². The molecule has 0 spiro atoms. The summed E-state index contributed by atoms with van der Waals surface area (Å²) in [5, 5.41) is 22.8. The van der Waals surface area contributed by atoms with Crippen molar-refractivity contribution >= 4 is 32.3 Å². The van der Waals surface area contributed by atoms with Gasteiger partial charge in [0.15, 0.2) is 0 Å². The molecule has 0 atom stereocenters. The Morgan fingerprint density at radius 1 is 0.871 bits per heavy atom. The van der Waals surface area contributed by atoms with E-state index >= 15 is 0 Å². The van der Waals surface area contributed by atoms with Gasteiger partial charge in [-0.15, -0.1) is 11.3 Å². The second-order valence-electron chi connectivity index (χ2n) is 7.45. The molecule has 150 valence electrons. The first-order chi connectivity index (χ1) is 15.2. The number of aromatic nitrogens is 1. The Kier molecular flexibility index (Phi) is 5.03. The maximum atomic E-state index is 10.9. The Morgan fingerprint density at radius 2 is 1.74 bits per heavy atom. The first-order valence-corrected chi connectivity index (χ1v) is 10.9. The number of hydrogen-bond acceptors (Lipinski definition) is 4. The average molecular weight is 422 g/mol. The van der Waals surface area contributed by atoms with Crippen molar-refractivity contribution < 1.29 is 10.2 Å². The molecule has 31 heavy (non-hydrogen) atoms. The van der Waals surface area contributed by atoms with Crippen molar-refractivity contribution in [2.75, 3.05) is 0 Å². The Morgan fingerprint density at radius 3 is 2.61 bits per heavy atom. The van der Waals surface area contributed by atoms with Crippen LogP contribution in [0, 0.1) is 11.8 Å². The molecule has 0 saturated carbocycles. The van der Waals surface area contributed by atoms with Gasteiger partial charge in [0.25, 0.3) is 0 Å². The van der Waals surface area contributed by atoms with E-state index < -0.39 is 0 Å². The van der Waals surface area contributed by atoms with E-state index in [0.29, 0.717) is 23.8 Å². The van der Waals surface area contributed by atoms with E-state index in [1.165, 1.54) is 4.70 Å². The van der Waals surface area contributed by atoms with E-state index in [-0.39, 0.29) is 11.5 Å². The zero-order chi connectivity index (χ0) is 21.2. The SMILES string of the molecule is Oc1cc2ccc(C#CCc3ccc4scnc4c3)cc2c(O)c1Cc1ccccc1. The number of phenolic OH excluding ortho intramolecular Hbond substituents is 2. The van der Waals surface area contributed by atoms with Crippen LogP contribution in [0.4, 0.5) is 0 Å². The Bertz CT molecular complexity index is 1460. The maximum Gasteiger partial charge on any atom is 0.130 e. The largest absolute Gasteiger partial charge is 0.507 e. The van der Waals surface area contributed by atoms with Crippen LogP contribution in [0.2, 0.25) is 0 Å². The lowest BCUT2D eigenvalue weighted by atomic mass is 9.97. The lowest BCUT2D eigenvalue weighted by Gasteiger charge is -2.11. The van der Waals surface area contributed by atoms with Crippen molar-refractivity contribution in [3.8, 4) is 23.3 Å². The van der Waals surface area contributed by atoms with Crippen LogP contribution < -0.4 is 0 Å². The quantitative estimate of drug-likeness (QED) is 0.349. The molecule has 2 N–H and O–H groups in total. The van der Waals surface area contributed by atoms with Crippen LogP contribution in [-0.2, 0) is 12.8 Å². The minimum absolute atomic E-state index is 0.102. The number of phenols is 2. The highest BCUT2D eigenvalue weighted by Crippen LogP contribution is 2.37. The molecule has 0 radical (unpaired) electrons. The number of benzene rings is 4. The van der Waals surface area contributed by atoms with Crippen LogP contribution >= 0.6 is 11.3 Å². The van der Waals surface area contributed by atoms with Crippen molar-refractivity contribution in [1.82, 2.24) is 4.98 Å². The van der Waals surface area contributed by atoms with Gasteiger partial charge in [-0.3, -0.25) is 0 Å². The summed E-state index contributed by atoms with van der Waals surface area (Å²) in [6, 6.07) is 23.4. The predicted molar refractivity (Wildman–Crippen MR) is 127 cm³/mol. The lowest BCUT2D eigenvalue weighted by molar-refractivity contribution is 0.445. The molecule has 1 heterocycles. The fraction of sp³-hybridized carbons (Fsp3) is 0.0741. The van der Waals surface area contributed by atoms with E-state index in [0.717, 1.165) is 27.6 Å². The van der Waals surface area contributed by atoms with E-state index in [2.05, 4.69) is 35.0 Å². The molecule has 0 unspecified atom stereocenters. The number of hydrogen-bond donors (Lipinski definition) is 2. The highest BCUT2D eigenvalue weighted by molar-refractivity contribution is 7.16. The van der Waals surface area contributed by atoms with Gasteiger partial charge in [0.05, 0.1) is 15.7 Å². The van der Waals surface area contributed by atoms with Crippen LogP contribution in [0.1, 0.15) is 22.3 Å². The number of rotatable bonds is 3. The summed E-state index contributed by atoms with van der Waals surface area (Å²) in [6.07, 6.45) is 1.09. The molecule has 0 aliphatic carbocycles. The summed E-state index contributed by atoms with van der Waals surface area (Å²) in [5.74, 6) is 6.63. The molecular formula is C27H19NO2S. The first kappa shape index (κ1) is 19.2. The summed E-state index contributed by atoms with van der Waals surface area (Å²) >= 11 is 1.63. The summed E-state index contributed by atoms with van der Waals surface area (Å²) in [5.41, 5.74) is 6.37. The van der Waals surface area contributed by atoms with Gasteiger partial charge >= 0.3 is 0 Å². The molecule has 4 heteroatoms. The smallest absolute Gasteiger partial charge is 0.130 e. The van der Waals surface area contributed by atoms with Crippen molar-refractivity contribution in [3.63, 3.8) is 0 Å². The van der Waals surface area contributed by atoms with Crippen LogP contribution in [0.3, 0.4) is 0 Å².